The van der Waals surface area contributed by atoms with Gasteiger partial charge in [-0.05, 0) is 50.9 Å². The molecule has 6 heteroatoms. The van der Waals surface area contributed by atoms with Gasteiger partial charge in [-0.15, -0.1) is 0 Å². The maximum Gasteiger partial charge on any atom is 0.250 e. The van der Waals surface area contributed by atoms with Crippen LogP contribution in [0.4, 0.5) is 0 Å². The van der Waals surface area contributed by atoms with E-state index < -0.39 is 21.6 Å². The summed E-state index contributed by atoms with van der Waals surface area (Å²) in [6.45, 7) is 6.00. The molecule has 0 aliphatic heterocycles. The Balaban J connectivity index is 4.76. The normalized spacial score (nSPS) is 13.3. The summed E-state index contributed by atoms with van der Waals surface area (Å²) in [5.74, 6) is 0. The molecule has 0 atom stereocenters. The van der Waals surface area contributed by atoms with Crippen LogP contribution >= 0.6 is 23.2 Å². The molecule has 4 nitrogen and oxygen atoms in total. The summed E-state index contributed by atoms with van der Waals surface area (Å²) in [6.07, 6.45) is 0. The minimum atomic E-state index is -1.13. The molecule has 0 aromatic carbocycles. The molecule has 0 saturated heterocycles. The number of rotatable bonds is 4. The summed E-state index contributed by atoms with van der Waals surface area (Å²) in [5, 5.41) is 6.09. The lowest BCUT2D eigenvalue weighted by molar-refractivity contribution is -0.117. The first-order chi connectivity index (χ1) is 6.09. The number of carbonyl (C=O) groups excluding carboxylic acids is 2. The third-order valence-electron chi connectivity index (χ3n) is 1.51. The molecule has 0 unspecified atom stereocenters. The van der Waals surface area contributed by atoms with Crippen LogP contribution in [-0.2, 0) is 9.59 Å². The van der Waals surface area contributed by atoms with E-state index in [0.717, 1.165) is 0 Å². The van der Waals surface area contributed by atoms with Crippen LogP contribution in [0.2, 0.25) is 0 Å². The molecule has 0 spiro atoms. The highest BCUT2D eigenvalue weighted by Gasteiger charge is 2.30. The lowest BCUT2D eigenvalue weighted by Gasteiger charge is -2.16. The monoisotopic (exact) mass is 238 g/mol. The highest BCUT2D eigenvalue weighted by atomic mass is 35.5. The van der Waals surface area contributed by atoms with E-state index in [4.69, 9.17) is 23.2 Å². The van der Waals surface area contributed by atoms with E-state index in [0.29, 0.717) is 0 Å². The number of nitrogens with zero attached hydrogens (tertiary/aromatic N) is 2. The fourth-order valence-corrected chi connectivity index (χ4v) is 0.404. The van der Waals surface area contributed by atoms with E-state index in [2.05, 4.69) is 10.2 Å². The van der Waals surface area contributed by atoms with Crippen molar-refractivity contribution in [2.75, 3.05) is 0 Å². The molecule has 0 aromatic heterocycles. The van der Waals surface area contributed by atoms with E-state index in [1.54, 1.807) is 0 Å². The third-order valence-corrected chi connectivity index (χ3v) is 2.44. The van der Waals surface area contributed by atoms with Crippen LogP contribution < -0.4 is 0 Å². The van der Waals surface area contributed by atoms with E-state index in [1.165, 1.54) is 27.7 Å². The second-order valence-electron chi connectivity index (χ2n) is 3.87. The first-order valence-electron chi connectivity index (χ1n) is 3.93. The van der Waals surface area contributed by atoms with Gasteiger partial charge in [-0.1, -0.05) is 0 Å². The van der Waals surface area contributed by atoms with Crippen molar-refractivity contribution < 1.29 is 9.59 Å². The average molecular weight is 239 g/mol. The summed E-state index contributed by atoms with van der Waals surface area (Å²) in [6, 6.07) is 0. The lowest BCUT2D eigenvalue weighted by Crippen LogP contribution is -2.29. The average Bonchev–Trinajstić information content (AvgIpc) is 2.01. The van der Waals surface area contributed by atoms with Crippen LogP contribution in [0.15, 0.2) is 10.2 Å². The van der Waals surface area contributed by atoms with Gasteiger partial charge in [0.25, 0.3) is 10.5 Å². The van der Waals surface area contributed by atoms with Crippen LogP contribution in [0, 0.1) is 0 Å². The Labute approximate surface area is 92.7 Å². The number of hydrogen-bond donors (Lipinski definition) is 0. The topological polar surface area (TPSA) is 58.9 Å². The van der Waals surface area contributed by atoms with Gasteiger partial charge in [0.05, 0.1) is 0 Å². The highest BCUT2D eigenvalue weighted by Crippen LogP contribution is 2.19. The molecule has 0 aromatic rings. The van der Waals surface area contributed by atoms with Gasteiger partial charge in [0.1, 0.15) is 11.1 Å². The summed E-state index contributed by atoms with van der Waals surface area (Å²) in [5.41, 5.74) is -2.27. The minimum absolute atomic E-state index is 0.640. The zero-order chi connectivity index (χ0) is 11.6. The first-order valence-corrected chi connectivity index (χ1v) is 4.69. The van der Waals surface area contributed by atoms with Crippen molar-refractivity contribution >= 4 is 33.7 Å². The van der Waals surface area contributed by atoms with Gasteiger partial charge in [0, 0.05) is 0 Å². The molecule has 0 N–H and O–H groups in total. The Morgan fingerprint density at radius 3 is 1.21 bits per heavy atom. The van der Waals surface area contributed by atoms with Crippen molar-refractivity contribution in [3.8, 4) is 0 Å². The molecule has 0 amide bonds. The van der Waals surface area contributed by atoms with Crippen molar-refractivity contribution in [2.24, 2.45) is 10.2 Å². The molecular formula is C8H12Cl2N2O2. The lowest BCUT2D eigenvalue weighted by atomic mass is 10.1. The number of carbonyl (C=O) groups is 2. The molecule has 0 bridgehead atoms. The van der Waals surface area contributed by atoms with E-state index in [9.17, 15) is 9.59 Å². The maximum absolute atomic E-state index is 10.8. The minimum Gasteiger partial charge on any atom is -0.278 e. The fourth-order valence-electron chi connectivity index (χ4n) is 0.329. The summed E-state index contributed by atoms with van der Waals surface area (Å²) < 4.78 is 0. The molecular weight excluding hydrogens is 227 g/mol. The SMILES string of the molecule is CC(C)(N=NC(C)(C)C(=O)Cl)C(=O)Cl. The quantitative estimate of drug-likeness (QED) is 0.559. The smallest absolute Gasteiger partial charge is 0.250 e. The Hall–Kier alpha value is -0.480. The second-order valence-corrected chi connectivity index (χ2v) is 4.55. The van der Waals surface area contributed by atoms with Gasteiger partial charge >= 0.3 is 0 Å². The molecule has 0 saturated carbocycles. The second kappa shape index (κ2) is 4.36. The van der Waals surface area contributed by atoms with Crippen molar-refractivity contribution in [1.82, 2.24) is 0 Å². The highest BCUT2D eigenvalue weighted by molar-refractivity contribution is 6.66. The van der Waals surface area contributed by atoms with Crippen LogP contribution in [0.1, 0.15) is 27.7 Å². The van der Waals surface area contributed by atoms with Crippen molar-refractivity contribution in [2.45, 2.75) is 38.8 Å². The first kappa shape index (κ1) is 13.5. The van der Waals surface area contributed by atoms with Crippen LogP contribution in [0.5, 0.6) is 0 Å². The van der Waals surface area contributed by atoms with E-state index in [1.807, 2.05) is 0 Å². The fraction of sp³-hybridized carbons (Fsp3) is 0.750. The van der Waals surface area contributed by atoms with Gasteiger partial charge in [-0.25, -0.2) is 0 Å². The Kier molecular flexibility index (Phi) is 4.21. The van der Waals surface area contributed by atoms with Gasteiger partial charge in [-0.2, -0.15) is 10.2 Å². The van der Waals surface area contributed by atoms with Crippen LogP contribution in [0.25, 0.3) is 0 Å². The van der Waals surface area contributed by atoms with E-state index >= 15 is 0 Å². The predicted octanol–water partition coefficient (Wildman–Crippen LogP) is 2.53. The Morgan fingerprint density at radius 1 is 0.857 bits per heavy atom. The van der Waals surface area contributed by atoms with Crippen molar-refractivity contribution in [3.63, 3.8) is 0 Å². The zero-order valence-corrected chi connectivity index (χ0v) is 9.98. The molecule has 0 aliphatic rings. The Morgan fingerprint density at radius 2 is 1.07 bits per heavy atom. The van der Waals surface area contributed by atoms with Gasteiger partial charge in [0.15, 0.2) is 0 Å². The molecule has 0 rings (SSSR count). The number of halogens is 2. The van der Waals surface area contributed by atoms with Gasteiger partial charge < -0.3 is 0 Å². The molecule has 0 radical (unpaired) electrons. The van der Waals surface area contributed by atoms with Gasteiger partial charge in [0.2, 0.25) is 0 Å². The Bertz CT molecular complexity index is 257. The largest absolute Gasteiger partial charge is 0.278 e. The number of hydrogen-bond acceptors (Lipinski definition) is 4. The molecule has 80 valence electrons. The van der Waals surface area contributed by atoms with Gasteiger partial charge in [-0.3, -0.25) is 9.59 Å². The number of azo groups is 1. The molecule has 0 aliphatic carbocycles. The van der Waals surface area contributed by atoms with Crippen molar-refractivity contribution in [3.05, 3.63) is 0 Å². The zero-order valence-electron chi connectivity index (χ0n) is 8.47. The third kappa shape index (κ3) is 3.72. The summed E-state index contributed by atoms with van der Waals surface area (Å²) >= 11 is 10.5. The van der Waals surface area contributed by atoms with Crippen LogP contribution in [0.3, 0.4) is 0 Å². The van der Waals surface area contributed by atoms with Crippen LogP contribution in [-0.4, -0.2) is 21.6 Å². The predicted molar refractivity (Wildman–Crippen MR) is 54.7 cm³/mol. The maximum atomic E-state index is 10.8. The summed E-state index contributed by atoms with van der Waals surface area (Å²) in [4.78, 5) is 21.7. The van der Waals surface area contributed by atoms with Crippen molar-refractivity contribution in [1.29, 1.82) is 0 Å². The molecule has 0 fully saturated rings. The standard InChI is InChI=1S/C8H12Cl2N2O2/c1-7(2,5(9)13)11-12-8(3,4)6(10)14/h1-4H3. The summed E-state index contributed by atoms with van der Waals surface area (Å²) in [7, 11) is 0. The van der Waals surface area contributed by atoms with E-state index in [-0.39, 0.29) is 0 Å². The molecule has 0 heterocycles. The molecule has 14 heavy (non-hydrogen) atoms.